The Bertz CT molecular complexity index is 1130. The number of rotatable bonds is 6. The molecule has 1 amide bonds. The zero-order valence-corrected chi connectivity index (χ0v) is 16.3. The SMILES string of the molecule is CC(NC(=O)CCn1nc(-c2ccc3c(c2)OCO3)ccc1=O)c1ccc(F)cc1. The molecule has 7 nitrogen and oxygen atoms in total. The molecule has 1 aromatic heterocycles. The summed E-state index contributed by atoms with van der Waals surface area (Å²) in [7, 11) is 0. The Morgan fingerprint density at radius 1 is 1.13 bits per heavy atom. The number of aromatic nitrogens is 2. The molecule has 0 radical (unpaired) electrons. The molecule has 1 unspecified atom stereocenters. The molecule has 154 valence electrons. The Morgan fingerprint density at radius 2 is 1.90 bits per heavy atom. The van der Waals surface area contributed by atoms with Crippen LogP contribution in [-0.2, 0) is 11.3 Å². The first-order chi connectivity index (χ1) is 14.5. The molecular weight excluding hydrogens is 389 g/mol. The first kappa shape index (κ1) is 19.6. The Labute approximate surface area is 172 Å². The molecule has 0 spiro atoms. The van der Waals surface area contributed by atoms with Crippen molar-refractivity contribution in [2.75, 3.05) is 6.79 Å². The van der Waals surface area contributed by atoms with E-state index in [1.807, 2.05) is 13.0 Å². The van der Waals surface area contributed by atoms with E-state index in [1.165, 1.54) is 22.9 Å². The number of hydrogen-bond donors (Lipinski definition) is 1. The number of nitrogens with one attached hydrogen (secondary N) is 1. The molecular formula is C22H20FN3O4. The Hall–Kier alpha value is -3.68. The smallest absolute Gasteiger partial charge is 0.266 e. The van der Waals surface area contributed by atoms with Crippen LogP contribution in [0.3, 0.4) is 0 Å². The van der Waals surface area contributed by atoms with Gasteiger partial charge in [0.05, 0.1) is 18.3 Å². The summed E-state index contributed by atoms with van der Waals surface area (Å²) in [6, 6.07) is 14.2. The van der Waals surface area contributed by atoms with Crippen LogP contribution in [0, 0.1) is 5.82 Å². The molecule has 1 atom stereocenters. The lowest BCUT2D eigenvalue weighted by Crippen LogP contribution is -2.30. The second kappa shape index (κ2) is 8.36. The fraction of sp³-hybridized carbons (Fsp3) is 0.227. The van der Waals surface area contributed by atoms with Crippen molar-refractivity contribution in [1.29, 1.82) is 0 Å². The van der Waals surface area contributed by atoms with Crippen molar-refractivity contribution < 1.29 is 18.7 Å². The zero-order valence-electron chi connectivity index (χ0n) is 16.3. The predicted octanol–water partition coefficient (Wildman–Crippen LogP) is 3.05. The molecule has 0 fully saturated rings. The minimum atomic E-state index is -0.329. The summed E-state index contributed by atoms with van der Waals surface area (Å²) in [5.41, 5.74) is 1.87. The van der Waals surface area contributed by atoms with Crippen LogP contribution >= 0.6 is 0 Å². The minimum Gasteiger partial charge on any atom is -0.454 e. The number of hydrogen-bond acceptors (Lipinski definition) is 5. The Morgan fingerprint density at radius 3 is 2.70 bits per heavy atom. The lowest BCUT2D eigenvalue weighted by Gasteiger charge is -2.14. The van der Waals surface area contributed by atoms with Gasteiger partial charge in [-0.25, -0.2) is 9.07 Å². The summed E-state index contributed by atoms with van der Waals surface area (Å²) in [5.74, 6) is 0.735. The summed E-state index contributed by atoms with van der Waals surface area (Å²) < 4.78 is 25.0. The maximum Gasteiger partial charge on any atom is 0.266 e. The van der Waals surface area contributed by atoms with Gasteiger partial charge in [0.25, 0.3) is 5.56 Å². The van der Waals surface area contributed by atoms with Crippen molar-refractivity contribution in [3.05, 3.63) is 76.3 Å². The maximum absolute atomic E-state index is 13.0. The van der Waals surface area contributed by atoms with Gasteiger partial charge in [0.1, 0.15) is 5.82 Å². The van der Waals surface area contributed by atoms with Gasteiger partial charge in [-0.3, -0.25) is 9.59 Å². The van der Waals surface area contributed by atoms with Gasteiger partial charge in [0.15, 0.2) is 11.5 Å². The van der Waals surface area contributed by atoms with Crippen molar-refractivity contribution in [2.24, 2.45) is 0 Å². The first-order valence-corrected chi connectivity index (χ1v) is 9.52. The molecule has 0 bridgehead atoms. The average molecular weight is 409 g/mol. The van der Waals surface area contributed by atoms with E-state index in [9.17, 15) is 14.0 Å². The number of carbonyl (C=O) groups excluding carboxylic acids is 1. The number of ether oxygens (including phenoxy) is 2. The van der Waals surface area contributed by atoms with E-state index < -0.39 is 0 Å². The number of halogens is 1. The average Bonchev–Trinajstić information content (AvgIpc) is 3.21. The number of benzene rings is 2. The molecule has 0 aliphatic carbocycles. The standard InChI is InChI=1S/C22H20FN3O4/c1-14(15-2-5-17(23)6-3-15)24-21(27)10-11-26-22(28)9-7-18(25-26)16-4-8-19-20(12-16)30-13-29-19/h2-9,12,14H,10-11,13H2,1H3,(H,24,27). The zero-order chi connectivity index (χ0) is 21.1. The summed E-state index contributed by atoms with van der Waals surface area (Å²) in [6.45, 7) is 2.13. The monoisotopic (exact) mass is 409 g/mol. The molecule has 4 rings (SSSR count). The molecule has 30 heavy (non-hydrogen) atoms. The third-order valence-corrected chi connectivity index (χ3v) is 4.83. The van der Waals surface area contributed by atoms with Gasteiger partial charge in [0, 0.05) is 18.1 Å². The minimum absolute atomic E-state index is 0.0863. The van der Waals surface area contributed by atoms with Crippen molar-refractivity contribution in [2.45, 2.75) is 25.9 Å². The van der Waals surface area contributed by atoms with Gasteiger partial charge in [0.2, 0.25) is 12.7 Å². The molecule has 8 heteroatoms. The lowest BCUT2D eigenvalue weighted by molar-refractivity contribution is -0.122. The van der Waals surface area contributed by atoms with E-state index in [-0.39, 0.29) is 43.1 Å². The Balaban J connectivity index is 1.42. The fourth-order valence-electron chi connectivity index (χ4n) is 3.17. The van der Waals surface area contributed by atoms with Gasteiger partial charge >= 0.3 is 0 Å². The second-order valence-corrected chi connectivity index (χ2v) is 6.94. The van der Waals surface area contributed by atoms with Crippen LogP contribution in [0.2, 0.25) is 0 Å². The van der Waals surface area contributed by atoms with Crippen LogP contribution in [0.4, 0.5) is 4.39 Å². The van der Waals surface area contributed by atoms with E-state index in [0.29, 0.717) is 17.2 Å². The van der Waals surface area contributed by atoms with Crippen LogP contribution in [0.15, 0.2) is 59.4 Å². The van der Waals surface area contributed by atoms with Crippen LogP contribution in [0.25, 0.3) is 11.3 Å². The highest BCUT2D eigenvalue weighted by atomic mass is 19.1. The van der Waals surface area contributed by atoms with Gasteiger partial charge in [-0.2, -0.15) is 5.10 Å². The van der Waals surface area contributed by atoms with Crippen molar-refractivity contribution in [3.63, 3.8) is 0 Å². The van der Waals surface area contributed by atoms with E-state index in [0.717, 1.165) is 11.1 Å². The summed E-state index contributed by atoms with van der Waals surface area (Å²) in [6.07, 6.45) is 0.0863. The number of carbonyl (C=O) groups is 1. The normalized spacial score (nSPS) is 13.1. The number of amides is 1. The highest BCUT2D eigenvalue weighted by Crippen LogP contribution is 2.35. The topological polar surface area (TPSA) is 82.5 Å². The van der Waals surface area contributed by atoms with Crippen molar-refractivity contribution >= 4 is 5.91 Å². The second-order valence-electron chi connectivity index (χ2n) is 6.94. The largest absolute Gasteiger partial charge is 0.454 e. The predicted molar refractivity (Wildman–Crippen MR) is 108 cm³/mol. The molecule has 1 N–H and O–H groups in total. The molecule has 2 heterocycles. The fourth-order valence-corrected chi connectivity index (χ4v) is 3.17. The van der Waals surface area contributed by atoms with Crippen LogP contribution < -0.4 is 20.3 Å². The van der Waals surface area contributed by atoms with Gasteiger partial charge in [-0.1, -0.05) is 12.1 Å². The quantitative estimate of drug-likeness (QED) is 0.677. The van der Waals surface area contributed by atoms with Crippen molar-refractivity contribution in [1.82, 2.24) is 15.1 Å². The molecule has 3 aromatic rings. The summed E-state index contributed by atoms with van der Waals surface area (Å²) in [4.78, 5) is 24.5. The van der Waals surface area contributed by atoms with Gasteiger partial charge in [-0.05, 0) is 48.9 Å². The van der Waals surface area contributed by atoms with E-state index in [4.69, 9.17) is 9.47 Å². The Kier molecular flexibility index (Phi) is 5.47. The van der Waals surface area contributed by atoms with E-state index in [1.54, 1.807) is 30.3 Å². The van der Waals surface area contributed by atoms with Gasteiger partial charge in [-0.15, -0.1) is 0 Å². The van der Waals surface area contributed by atoms with Gasteiger partial charge < -0.3 is 14.8 Å². The molecule has 0 saturated carbocycles. The van der Waals surface area contributed by atoms with Crippen LogP contribution in [-0.4, -0.2) is 22.5 Å². The lowest BCUT2D eigenvalue weighted by atomic mass is 10.1. The molecule has 0 saturated heterocycles. The number of nitrogens with zero attached hydrogens (tertiary/aromatic N) is 2. The number of fused-ring (bicyclic) bond motifs is 1. The van der Waals surface area contributed by atoms with E-state index >= 15 is 0 Å². The first-order valence-electron chi connectivity index (χ1n) is 9.52. The number of aryl methyl sites for hydroxylation is 1. The van der Waals surface area contributed by atoms with Crippen molar-refractivity contribution in [3.8, 4) is 22.8 Å². The van der Waals surface area contributed by atoms with Crippen LogP contribution in [0.5, 0.6) is 11.5 Å². The maximum atomic E-state index is 13.0. The highest BCUT2D eigenvalue weighted by Gasteiger charge is 2.15. The van der Waals surface area contributed by atoms with E-state index in [2.05, 4.69) is 10.4 Å². The molecule has 2 aromatic carbocycles. The summed E-state index contributed by atoms with van der Waals surface area (Å²) in [5, 5.41) is 7.22. The highest BCUT2D eigenvalue weighted by molar-refractivity contribution is 5.76. The molecule has 1 aliphatic rings. The molecule has 1 aliphatic heterocycles. The third kappa shape index (κ3) is 4.32. The third-order valence-electron chi connectivity index (χ3n) is 4.83. The summed E-state index contributed by atoms with van der Waals surface area (Å²) >= 11 is 0. The van der Waals surface area contributed by atoms with Crippen LogP contribution in [0.1, 0.15) is 24.9 Å².